The van der Waals surface area contributed by atoms with Gasteiger partial charge in [0.25, 0.3) is 0 Å². The van der Waals surface area contributed by atoms with Gasteiger partial charge in [-0.1, -0.05) is 36.0 Å². The first kappa shape index (κ1) is 21.9. The van der Waals surface area contributed by atoms with E-state index in [-0.39, 0.29) is 24.2 Å². The highest BCUT2D eigenvalue weighted by Crippen LogP contribution is 2.35. The molecule has 1 amide bonds. The summed E-state index contributed by atoms with van der Waals surface area (Å²) in [4.78, 5) is 14.7. The summed E-state index contributed by atoms with van der Waals surface area (Å²) in [6, 6.07) is 13.3. The van der Waals surface area contributed by atoms with Crippen LogP contribution in [0.25, 0.3) is 0 Å². The summed E-state index contributed by atoms with van der Waals surface area (Å²) >= 11 is 1.45. The molecule has 7 nitrogen and oxygen atoms in total. The van der Waals surface area contributed by atoms with Crippen molar-refractivity contribution in [3.63, 3.8) is 0 Å². The summed E-state index contributed by atoms with van der Waals surface area (Å²) in [5.41, 5.74) is 14.0. The van der Waals surface area contributed by atoms with Crippen LogP contribution in [0.3, 0.4) is 0 Å². The molecule has 0 aliphatic carbocycles. The number of amides is 1. The van der Waals surface area contributed by atoms with E-state index in [2.05, 4.69) is 75.5 Å². The number of aryl methyl sites for hydroxylation is 4. The van der Waals surface area contributed by atoms with Crippen LogP contribution in [0.4, 0.5) is 5.69 Å². The zero-order chi connectivity index (χ0) is 23.1. The standard InChI is InChI=1S/C25H30N6OS/c1-15-9-16(2)11-20(10-15)26-23(32)14-33-25-28-27-24-22-13-21(29-31(22)8-7-30(24)25)19-6-5-17(3)18(4)12-19/h5-12,21-22,24,27,29H,13-14H2,1-4H3,(H,26,32). The molecule has 1 fully saturated rings. The molecule has 172 valence electrons. The Balaban J connectivity index is 1.19. The normalized spacial score (nSPS) is 23.2. The van der Waals surface area contributed by atoms with E-state index in [1.54, 1.807) is 0 Å². The molecule has 8 heteroatoms. The van der Waals surface area contributed by atoms with Gasteiger partial charge in [-0.15, -0.1) is 0 Å². The van der Waals surface area contributed by atoms with E-state index in [1.807, 2.05) is 32.2 Å². The number of carbonyl (C=O) groups excluding carboxylic acids is 1. The van der Waals surface area contributed by atoms with Gasteiger partial charge in [0, 0.05) is 18.1 Å². The predicted octanol–water partition coefficient (Wildman–Crippen LogP) is 3.90. The van der Waals surface area contributed by atoms with Crippen LogP contribution in [0.1, 0.15) is 40.3 Å². The Bertz CT molecular complexity index is 1130. The summed E-state index contributed by atoms with van der Waals surface area (Å²) in [5, 5.41) is 10.5. The molecule has 0 spiro atoms. The molecule has 3 atom stereocenters. The third kappa shape index (κ3) is 4.45. The molecule has 33 heavy (non-hydrogen) atoms. The Morgan fingerprint density at radius 2 is 1.88 bits per heavy atom. The highest BCUT2D eigenvalue weighted by molar-refractivity contribution is 8.14. The molecule has 3 unspecified atom stereocenters. The first-order valence-electron chi connectivity index (χ1n) is 11.3. The van der Waals surface area contributed by atoms with Crippen molar-refractivity contribution >= 4 is 28.5 Å². The molecular weight excluding hydrogens is 432 g/mol. The van der Waals surface area contributed by atoms with Gasteiger partial charge < -0.3 is 15.2 Å². The van der Waals surface area contributed by atoms with Crippen molar-refractivity contribution in [2.75, 3.05) is 11.1 Å². The highest BCUT2D eigenvalue weighted by atomic mass is 32.2. The lowest BCUT2D eigenvalue weighted by molar-refractivity contribution is -0.113. The molecule has 3 aliphatic heterocycles. The number of anilines is 1. The Kier molecular flexibility index (Phi) is 5.80. The van der Waals surface area contributed by atoms with Gasteiger partial charge >= 0.3 is 0 Å². The lowest BCUT2D eigenvalue weighted by Gasteiger charge is -2.36. The Morgan fingerprint density at radius 1 is 1.09 bits per heavy atom. The van der Waals surface area contributed by atoms with Crippen molar-refractivity contribution in [1.29, 1.82) is 0 Å². The number of thioether (sulfide) groups is 1. The maximum atomic E-state index is 12.5. The Morgan fingerprint density at radius 3 is 2.64 bits per heavy atom. The third-order valence-electron chi connectivity index (χ3n) is 6.48. The summed E-state index contributed by atoms with van der Waals surface area (Å²) in [5.74, 6) is 0.277. The summed E-state index contributed by atoms with van der Waals surface area (Å²) in [7, 11) is 0. The van der Waals surface area contributed by atoms with E-state index < -0.39 is 0 Å². The number of nitrogens with zero attached hydrogens (tertiary/aromatic N) is 3. The van der Waals surface area contributed by atoms with Crippen LogP contribution < -0.4 is 16.2 Å². The number of carbonyl (C=O) groups is 1. The Hall–Kier alpha value is -2.97. The van der Waals surface area contributed by atoms with E-state index in [0.717, 1.165) is 28.4 Å². The van der Waals surface area contributed by atoms with Crippen molar-refractivity contribution in [1.82, 2.24) is 20.8 Å². The summed E-state index contributed by atoms with van der Waals surface area (Å²) in [6.07, 6.45) is 5.12. The average Bonchev–Trinajstić information content (AvgIpc) is 3.37. The van der Waals surface area contributed by atoms with E-state index in [1.165, 1.54) is 28.5 Å². The van der Waals surface area contributed by atoms with Crippen LogP contribution in [-0.4, -0.2) is 38.9 Å². The predicted molar refractivity (Wildman–Crippen MR) is 134 cm³/mol. The minimum atomic E-state index is -0.0314. The molecular formula is C25H30N6OS. The zero-order valence-electron chi connectivity index (χ0n) is 19.4. The highest BCUT2D eigenvalue weighted by Gasteiger charge is 2.44. The lowest BCUT2D eigenvalue weighted by Crippen LogP contribution is -2.54. The largest absolute Gasteiger partial charge is 0.325 e. The van der Waals surface area contributed by atoms with E-state index in [0.29, 0.717) is 5.75 Å². The van der Waals surface area contributed by atoms with Gasteiger partial charge in [-0.3, -0.25) is 10.2 Å². The average molecular weight is 463 g/mol. The van der Waals surface area contributed by atoms with Crippen LogP contribution in [0.5, 0.6) is 0 Å². The van der Waals surface area contributed by atoms with Crippen LogP contribution in [0.2, 0.25) is 0 Å². The number of fused-ring (bicyclic) bond motifs is 3. The number of hydrogen-bond donors (Lipinski definition) is 3. The fraction of sp³-hybridized carbons (Fsp3) is 0.360. The number of benzene rings is 2. The molecule has 5 rings (SSSR count). The summed E-state index contributed by atoms with van der Waals surface area (Å²) < 4.78 is 0. The fourth-order valence-electron chi connectivity index (χ4n) is 4.72. The zero-order valence-corrected chi connectivity index (χ0v) is 20.2. The second-order valence-electron chi connectivity index (χ2n) is 9.12. The smallest absolute Gasteiger partial charge is 0.234 e. The van der Waals surface area contributed by atoms with Crippen LogP contribution in [0, 0.1) is 27.7 Å². The molecule has 0 aromatic heterocycles. The molecule has 3 aliphatic rings. The van der Waals surface area contributed by atoms with Crippen molar-refractivity contribution in [2.45, 2.75) is 52.4 Å². The minimum Gasteiger partial charge on any atom is -0.325 e. The fourth-order valence-corrected chi connectivity index (χ4v) is 5.50. The van der Waals surface area contributed by atoms with E-state index in [4.69, 9.17) is 0 Å². The number of hydrazone groups is 1. The van der Waals surface area contributed by atoms with Crippen LogP contribution >= 0.6 is 11.8 Å². The molecule has 0 saturated carbocycles. The topological polar surface area (TPSA) is 72.0 Å². The molecule has 2 aromatic rings. The van der Waals surface area contributed by atoms with Crippen molar-refractivity contribution in [3.05, 3.63) is 76.6 Å². The quantitative estimate of drug-likeness (QED) is 0.640. The maximum Gasteiger partial charge on any atom is 0.234 e. The van der Waals surface area contributed by atoms with E-state index in [9.17, 15) is 4.79 Å². The van der Waals surface area contributed by atoms with Crippen molar-refractivity contribution in [2.24, 2.45) is 5.10 Å². The number of hydrazine groups is 1. The second kappa shape index (κ2) is 8.76. The molecule has 2 aromatic carbocycles. The monoisotopic (exact) mass is 462 g/mol. The van der Waals surface area contributed by atoms with Gasteiger partial charge in [0.2, 0.25) is 5.91 Å². The Labute approximate surface area is 199 Å². The molecule has 3 heterocycles. The molecule has 1 saturated heterocycles. The lowest BCUT2D eigenvalue weighted by atomic mass is 9.97. The van der Waals surface area contributed by atoms with Gasteiger partial charge in [-0.25, -0.2) is 5.43 Å². The minimum absolute atomic E-state index is 0.0314. The first-order chi connectivity index (χ1) is 15.9. The van der Waals surface area contributed by atoms with Gasteiger partial charge in [-0.05, 0) is 74.1 Å². The SMILES string of the molecule is Cc1cc(C)cc(NC(=O)CSC2=NNC3C4CC(c5ccc(C)c(C)c5)NN4C=CN23)c1. The number of rotatable bonds is 4. The van der Waals surface area contributed by atoms with Crippen LogP contribution in [0.15, 0.2) is 53.9 Å². The van der Waals surface area contributed by atoms with Crippen molar-refractivity contribution < 1.29 is 4.79 Å². The molecule has 0 bridgehead atoms. The van der Waals surface area contributed by atoms with Gasteiger partial charge in [-0.2, -0.15) is 5.10 Å². The number of nitrogens with one attached hydrogen (secondary N) is 3. The number of hydrogen-bond acceptors (Lipinski definition) is 7. The van der Waals surface area contributed by atoms with Crippen LogP contribution in [-0.2, 0) is 4.79 Å². The maximum absolute atomic E-state index is 12.5. The van der Waals surface area contributed by atoms with Gasteiger partial charge in [0.15, 0.2) is 5.17 Å². The van der Waals surface area contributed by atoms with E-state index >= 15 is 0 Å². The summed E-state index contributed by atoms with van der Waals surface area (Å²) in [6.45, 7) is 8.37. The third-order valence-corrected chi connectivity index (χ3v) is 7.44. The second-order valence-corrected chi connectivity index (χ2v) is 10.1. The van der Waals surface area contributed by atoms with Crippen molar-refractivity contribution in [3.8, 4) is 0 Å². The van der Waals surface area contributed by atoms with Gasteiger partial charge in [0.05, 0.1) is 17.8 Å². The molecule has 0 radical (unpaired) electrons. The first-order valence-corrected chi connectivity index (χ1v) is 12.3. The van der Waals surface area contributed by atoms with Gasteiger partial charge in [0.1, 0.15) is 6.17 Å². The number of amidine groups is 1. The molecule has 3 N–H and O–H groups in total.